The van der Waals surface area contributed by atoms with E-state index in [1.807, 2.05) is 0 Å². The maximum atomic E-state index is 12.5. The van der Waals surface area contributed by atoms with E-state index in [9.17, 15) is 30.3 Å². The lowest BCUT2D eigenvalue weighted by atomic mass is 9.99. The minimum absolute atomic E-state index is 0.137. The minimum atomic E-state index is -1.54. The van der Waals surface area contributed by atoms with Crippen LogP contribution in [-0.2, 0) is 14.3 Å². The van der Waals surface area contributed by atoms with Crippen LogP contribution in [0, 0.1) is 0 Å². The van der Waals surface area contributed by atoms with Crippen LogP contribution in [0.5, 0.6) is 0 Å². The molecular formula is C28H55NO8. The molecule has 1 aliphatic rings. The number of rotatable bonds is 22. The van der Waals surface area contributed by atoms with E-state index in [1.165, 1.54) is 44.9 Å². The largest absolute Gasteiger partial charge is 0.394 e. The van der Waals surface area contributed by atoms with Crippen molar-refractivity contribution < 1.29 is 39.8 Å². The van der Waals surface area contributed by atoms with Gasteiger partial charge in [-0.15, -0.1) is 0 Å². The molecule has 0 radical (unpaired) electrons. The van der Waals surface area contributed by atoms with Gasteiger partial charge in [0.05, 0.1) is 25.4 Å². The van der Waals surface area contributed by atoms with E-state index in [4.69, 9.17) is 9.47 Å². The molecule has 0 aromatic rings. The predicted molar refractivity (Wildman–Crippen MR) is 143 cm³/mol. The summed E-state index contributed by atoms with van der Waals surface area (Å²) in [5.74, 6) is -0.166. The summed E-state index contributed by atoms with van der Waals surface area (Å²) in [6.45, 7) is 3.64. The van der Waals surface area contributed by atoms with Gasteiger partial charge in [-0.1, -0.05) is 97.3 Å². The van der Waals surface area contributed by atoms with Crippen molar-refractivity contribution >= 4 is 5.91 Å². The molecule has 0 aromatic carbocycles. The van der Waals surface area contributed by atoms with Gasteiger partial charge in [-0.05, 0) is 12.8 Å². The number of ether oxygens (including phenoxy) is 2. The number of carbonyl (C=O) groups is 1. The number of nitrogens with one attached hydrogen (secondary N) is 1. The third-order valence-electron chi connectivity index (χ3n) is 7.21. The Labute approximate surface area is 223 Å². The second kappa shape index (κ2) is 21.1. The monoisotopic (exact) mass is 533 g/mol. The molecule has 37 heavy (non-hydrogen) atoms. The van der Waals surface area contributed by atoms with E-state index < -0.39 is 49.5 Å². The molecule has 9 heteroatoms. The van der Waals surface area contributed by atoms with E-state index in [-0.39, 0.29) is 12.5 Å². The fourth-order valence-corrected chi connectivity index (χ4v) is 4.69. The van der Waals surface area contributed by atoms with Crippen molar-refractivity contribution in [3.05, 3.63) is 0 Å². The summed E-state index contributed by atoms with van der Waals surface area (Å²) in [6.07, 6.45) is 8.89. The first-order valence-electron chi connectivity index (χ1n) is 14.7. The number of aliphatic hydroxyl groups is 5. The Morgan fingerprint density at radius 3 is 1.92 bits per heavy atom. The highest BCUT2D eigenvalue weighted by molar-refractivity contribution is 5.76. The van der Waals surface area contributed by atoms with Crippen molar-refractivity contribution in [2.75, 3.05) is 13.2 Å². The molecule has 7 atom stereocenters. The van der Waals surface area contributed by atoms with Crippen molar-refractivity contribution in [2.24, 2.45) is 0 Å². The van der Waals surface area contributed by atoms with Crippen LogP contribution >= 0.6 is 0 Å². The normalized spacial score (nSPS) is 25.6. The number of amides is 1. The van der Waals surface area contributed by atoms with E-state index in [0.717, 1.165) is 44.9 Å². The van der Waals surface area contributed by atoms with Crippen LogP contribution in [0.3, 0.4) is 0 Å². The number of hydrogen-bond acceptors (Lipinski definition) is 8. The average molecular weight is 534 g/mol. The highest BCUT2D eigenvalue weighted by Crippen LogP contribution is 2.22. The summed E-state index contributed by atoms with van der Waals surface area (Å²) in [6, 6.07) is -0.704. The fourth-order valence-electron chi connectivity index (χ4n) is 4.69. The maximum Gasteiger partial charge on any atom is 0.220 e. The molecule has 1 heterocycles. The average Bonchev–Trinajstić information content (AvgIpc) is 2.89. The molecule has 1 amide bonds. The fraction of sp³-hybridized carbons (Fsp3) is 0.964. The predicted octanol–water partition coefficient (Wildman–Crippen LogP) is 2.93. The van der Waals surface area contributed by atoms with Crippen LogP contribution in [0.25, 0.3) is 0 Å². The topological polar surface area (TPSA) is 149 Å². The van der Waals surface area contributed by atoms with E-state index in [2.05, 4.69) is 19.2 Å². The molecule has 9 nitrogen and oxygen atoms in total. The first kappa shape index (κ1) is 34.2. The van der Waals surface area contributed by atoms with Gasteiger partial charge in [0.25, 0.3) is 0 Å². The lowest BCUT2D eigenvalue weighted by molar-refractivity contribution is -0.302. The van der Waals surface area contributed by atoms with Crippen molar-refractivity contribution in [1.29, 1.82) is 0 Å². The molecule has 0 bridgehead atoms. The number of unbranched alkanes of at least 4 members (excludes halogenated alkanes) is 12. The molecule has 7 unspecified atom stereocenters. The highest BCUT2D eigenvalue weighted by Gasteiger charge is 2.44. The SMILES string of the molecule is CCCCCCCCCCCCC(O)C(COC1OC(CO)C(O)C(O)C1O)NC(=O)CCCCCC. The van der Waals surface area contributed by atoms with Gasteiger partial charge in [-0.3, -0.25) is 4.79 Å². The van der Waals surface area contributed by atoms with Crippen molar-refractivity contribution in [3.8, 4) is 0 Å². The Kier molecular flexibility index (Phi) is 19.5. The molecule has 6 N–H and O–H groups in total. The lowest BCUT2D eigenvalue weighted by Crippen LogP contribution is -2.60. The molecule has 0 aromatic heterocycles. The molecule has 0 aliphatic carbocycles. The summed E-state index contributed by atoms with van der Waals surface area (Å²) >= 11 is 0. The Balaban J connectivity index is 2.52. The van der Waals surface area contributed by atoms with Gasteiger partial charge in [0.2, 0.25) is 5.91 Å². The van der Waals surface area contributed by atoms with Crippen LogP contribution in [0.1, 0.15) is 117 Å². The second-order valence-corrected chi connectivity index (χ2v) is 10.6. The van der Waals surface area contributed by atoms with E-state index in [1.54, 1.807) is 0 Å². The molecule has 220 valence electrons. The summed E-state index contributed by atoms with van der Waals surface area (Å²) in [7, 11) is 0. The van der Waals surface area contributed by atoms with Gasteiger partial charge in [-0.25, -0.2) is 0 Å². The Bertz CT molecular complexity index is 564. The van der Waals surface area contributed by atoms with Crippen molar-refractivity contribution in [2.45, 2.75) is 159 Å². The van der Waals surface area contributed by atoms with Gasteiger partial charge in [0, 0.05) is 6.42 Å². The van der Waals surface area contributed by atoms with Gasteiger partial charge >= 0.3 is 0 Å². The van der Waals surface area contributed by atoms with Gasteiger partial charge < -0.3 is 40.3 Å². The first-order chi connectivity index (χ1) is 17.8. The standard InChI is InChI=1S/C28H55NO8/c1-3-5-7-9-10-11-12-13-14-15-17-22(31)21(29-24(32)18-16-8-6-4-2)20-36-28-27(35)26(34)25(33)23(19-30)37-28/h21-23,25-28,30-31,33-35H,3-20H2,1-2H3,(H,29,32). The molecule has 0 spiro atoms. The molecule has 1 fully saturated rings. The van der Waals surface area contributed by atoms with Crippen molar-refractivity contribution in [3.63, 3.8) is 0 Å². The van der Waals surface area contributed by atoms with E-state index >= 15 is 0 Å². The van der Waals surface area contributed by atoms with Crippen LogP contribution in [0.4, 0.5) is 0 Å². The molecule has 1 saturated heterocycles. The third-order valence-corrected chi connectivity index (χ3v) is 7.21. The zero-order valence-electron chi connectivity index (χ0n) is 23.2. The molecule has 1 rings (SSSR count). The maximum absolute atomic E-state index is 12.5. The number of hydrogen-bond donors (Lipinski definition) is 6. The quantitative estimate of drug-likeness (QED) is 0.116. The van der Waals surface area contributed by atoms with E-state index in [0.29, 0.717) is 12.8 Å². The van der Waals surface area contributed by atoms with Crippen LogP contribution in [-0.4, -0.2) is 87.5 Å². The summed E-state index contributed by atoms with van der Waals surface area (Å²) in [5, 5.41) is 53.3. The summed E-state index contributed by atoms with van der Waals surface area (Å²) in [4.78, 5) is 12.5. The van der Waals surface area contributed by atoms with Crippen LogP contribution in [0.15, 0.2) is 0 Å². The molecular weight excluding hydrogens is 478 g/mol. The summed E-state index contributed by atoms with van der Waals surface area (Å²) < 4.78 is 11.0. The third kappa shape index (κ3) is 14.2. The molecule has 0 saturated carbocycles. The number of aliphatic hydroxyl groups excluding tert-OH is 5. The Hall–Kier alpha value is -0.810. The van der Waals surface area contributed by atoms with Gasteiger partial charge in [-0.2, -0.15) is 0 Å². The highest BCUT2D eigenvalue weighted by atomic mass is 16.7. The Morgan fingerprint density at radius 2 is 1.35 bits per heavy atom. The lowest BCUT2D eigenvalue weighted by Gasteiger charge is -2.40. The smallest absolute Gasteiger partial charge is 0.220 e. The van der Waals surface area contributed by atoms with Gasteiger partial charge in [0.15, 0.2) is 6.29 Å². The second-order valence-electron chi connectivity index (χ2n) is 10.6. The number of carbonyl (C=O) groups excluding carboxylic acids is 1. The van der Waals surface area contributed by atoms with Crippen LogP contribution < -0.4 is 5.32 Å². The van der Waals surface area contributed by atoms with Crippen molar-refractivity contribution in [1.82, 2.24) is 5.32 Å². The summed E-state index contributed by atoms with van der Waals surface area (Å²) in [5.41, 5.74) is 0. The zero-order chi connectivity index (χ0) is 27.5. The first-order valence-corrected chi connectivity index (χ1v) is 14.7. The minimum Gasteiger partial charge on any atom is -0.394 e. The van der Waals surface area contributed by atoms with Crippen LogP contribution in [0.2, 0.25) is 0 Å². The Morgan fingerprint density at radius 1 is 0.811 bits per heavy atom. The zero-order valence-corrected chi connectivity index (χ0v) is 23.2. The van der Waals surface area contributed by atoms with Gasteiger partial charge in [0.1, 0.15) is 24.4 Å². The molecule has 1 aliphatic heterocycles.